The van der Waals surface area contributed by atoms with E-state index in [1.807, 2.05) is 48.5 Å². The zero-order valence-corrected chi connectivity index (χ0v) is 26.0. The third kappa shape index (κ3) is 6.58. The Morgan fingerprint density at radius 2 is 1.51 bits per heavy atom. The van der Waals surface area contributed by atoms with Crippen LogP contribution in [0.1, 0.15) is 18.4 Å². The molecule has 0 radical (unpaired) electrons. The van der Waals surface area contributed by atoms with Gasteiger partial charge < -0.3 is 14.2 Å². The molecule has 0 bridgehead atoms. The zero-order valence-electron chi connectivity index (χ0n) is 23.6. The van der Waals surface area contributed by atoms with Crippen molar-refractivity contribution in [1.29, 1.82) is 0 Å². The number of hydrogen-bond donors (Lipinski definition) is 0. The van der Waals surface area contributed by atoms with Crippen LogP contribution in [-0.4, -0.2) is 48.3 Å². The van der Waals surface area contributed by atoms with E-state index in [0.29, 0.717) is 25.7 Å². The first kappa shape index (κ1) is 28.3. The van der Waals surface area contributed by atoms with Crippen molar-refractivity contribution < 1.29 is 18.7 Å². The highest BCUT2D eigenvalue weighted by molar-refractivity contribution is 9.10. The summed E-state index contributed by atoms with van der Waals surface area (Å²) in [7, 11) is 0. The van der Waals surface area contributed by atoms with Crippen LogP contribution in [0.15, 0.2) is 102 Å². The first-order valence-electron chi connectivity index (χ1n) is 14.7. The number of ether oxygens (including phenoxy) is 3. The van der Waals surface area contributed by atoms with E-state index >= 15 is 0 Å². The number of rotatable bonds is 9. The standard InChI is InChI=1S/C35H32BrFN2O3S/c36-26-8-6-25(7-9-26)35-34(32-15-14-31(20-33(32)43-35)40-23-24-4-2-1-3-5-24)42-29-12-10-28(11-13-29)41-30-16-18-38(19-17-30)27-21-39(37)22-27/h1-15,20,27,30H,16-19,21-23H2. The quantitative estimate of drug-likeness (QED) is 0.148. The average Bonchev–Trinajstić information content (AvgIpc) is 3.38. The Morgan fingerprint density at radius 1 is 0.814 bits per heavy atom. The number of fused-ring (bicyclic) bond motifs is 1. The summed E-state index contributed by atoms with van der Waals surface area (Å²) in [5.74, 6) is 3.26. The van der Waals surface area contributed by atoms with Crippen LogP contribution in [0.4, 0.5) is 4.48 Å². The second-order valence-corrected chi connectivity index (χ2v) is 13.1. The molecular weight excluding hydrogens is 627 g/mol. The van der Waals surface area contributed by atoms with Gasteiger partial charge in [0.1, 0.15) is 30.0 Å². The smallest absolute Gasteiger partial charge is 0.153 e. The first-order chi connectivity index (χ1) is 21.1. The maximum absolute atomic E-state index is 13.1. The molecule has 7 rings (SSSR count). The second-order valence-electron chi connectivity index (χ2n) is 11.1. The normalized spacial score (nSPS) is 16.7. The molecule has 220 valence electrons. The van der Waals surface area contributed by atoms with Crippen LogP contribution in [-0.2, 0) is 6.61 Å². The minimum absolute atomic E-state index is 0.174. The highest BCUT2D eigenvalue weighted by Crippen LogP contribution is 2.47. The molecule has 0 N–H and O–H groups in total. The van der Waals surface area contributed by atoms with E-state index < -0.39 is 0 Å². The maximum Gasteiger partial charge on any atom is 0.153 e. The van der Waals surface area contributed by atoms with Crippen molar-refractivity contribution in [1.82, 2.24) is 10.0 Å². The monoisotopic (exact) mass is 658 g/mol. The van der Waals surface area contributed by atoms with Crippen molar-refractivity contribution in [3.05, 3.63) is 107 Å². The van der Waals surface area contributed by atoms with Crippen LogP contribution in [0.3, 0.4) is 0 Å². The minimum atomic E-state index is 0.174. The Kier molecular flexibility index (Phi) is 8.35. The molecular formula is C35H32BrFN2O3S. The Morgan fingerprint density at radius 3 is 2.23 bits per heavy atom. The number of benzene rings is 4. The van der Waals surface area contributed by atoms with Crippen LogP contribution >= 0.6 is 27.3 Å². The van der Waals surface area contributed by atoms with E-state index in [2.05, 4.69) is 69.4 Å². The predicted molar refractivity (Wildman–Crippen MR) is 174 cm³/mol. The van der Waals surface area contributed by atoms with Gasteiger partial charge in [0, 0.05) is 46.8 Å². The van der Waals surface area contributed by atoms with Crippen LogP contribution < -0.4 is 14.2 Å². The van der Waals surface area contributed by atoms with Gasteiger partial charge in [-0.3, -0.25) is 4.90 Å². The highest BCUT2D eigenvalue weighted by atomic mass is 79.9. The Bertz CT molecular complexity index is 1670. The van der Waals surface area contributed by atoms with Crippen LogP contribution in [0.25, 0.3) is 20.5 Å². The second kappa shape index (κ2) is 12.7. The lowest BCUT2D eigenvalue weighted by Crippen LogP contribution is -2.58. The largest absolute Gasteiger partial charge is 0.490 e. The van der Waals surface area contributed by atoms with Crippen LogP contribution in [0, 0.1) is 0 Å². The van der Waals surface area contributed by atoms with E-state index in [4.69, 9.17) is 14.2 Å². The summed E-state index contributed by atoms with van der Waals surface area (Å²) >= 11 is 5.26. The fraction of sp³-hybridized carbons (Fsp3) is 0.257. The topological polar surface area (TPSA) is 34.2 Å². The van der Waals surface area contributed by atoms with Crippen molar-refractivity contribution in [3.63, 3.8) is 0 Å². The maximum atomic E-state index is 13.1. The summed E-state index contributed by atoms with van der Waals surface area (Å²) < 4.78 is 34.3. The molecule has 0 atom stereocenters. The van der Waals surface area contributed by atoms with Gasteiger partial charge in [-0.05, 0) is 78.6 Å². The number of halogens is 2. The Hall–Kier alpha value is -3.43. The molecule has 4 aromatic carbocycles. The van der Waals surface area contributed by atoms with E-state index in [9.17, 15) is 4.48 Å². The van der Waals surface area contributed by atoms with Gasteiger partial charge in [0.05, 0.1) is 4.88 Å². The van der Waals surface area contributed by atoms with Crippen molar-refractivity contribution in [2.75, 3.05) is 26.2 Å². The van der Waals surface area contributed by atoms with Gasteiger partial charge >= 0.3 is 0 Å². The molecule has 0 amide bonds. The van der Waals surface area contributed by atoms with E-state index in [1.54, 1.807) is 11.3 Å². The third-order valence-electron chi connectivity index (χ3n) is 8.13. The van der Waals surface area contributed by atoms with Gasteiger partial charge in [0.2, 0.25) is 0 Å². The Labute approximate surface area is 263 Å². The van der Waals surface area contributed by atoms with Crippen molar-refractivity contribution >= 4 is 37.4 Å². The number of thiophene rings is 1. The molecule has 0 saturated carbocycles. The summed E-state index contributed by atoms with van der Waals surface area (Å²) in [6, 6.07) is 33.0. The SMILES string of the molecule is FN1CC(N2CCC(Oc3ccc(Oc4c(-c5ccc(Br)cc5)sc5cc(OCc6ccccc6)ccc45)cc3)CC2)C1. The molecule has 43 heavy (non-hydrogen) atoms. The zero-order chi connectivity index (χ0) is 29.2. The Balaban J connectivity index is 1.07. The lowest BCUT2D eigenvalue weighted by atomic mass is 10.0. The molecule has 5 aromatic rings. The number of likely N-dealkylation sites (tertiary alicyclic amines) is 1. The fourth-order valence-corrected chi connectivity index (χ4v) is 7.10. The molecule has 0 aliphatic carbocycles. The molecule has 3 heterocycles. The summed E-state index contributed by atoms with van der Waals surface area (Å²) in [5, 5.41) is 1.93. The molecule has 1 aromatic heterocycles. The summed E-state index contributed by atoms with van der Waals surface area (Å²) in [4.78, 5) is 3.46. The van der Waals surface area contributed by atoms with Gasteiger partial charge in [-0.2, -0.15) is 0 Å². The minimum Gasteiger partial charge on any atom is -0.490 e. The number of nitrogens with zero attached hydrogens (tertiary/aromatic N) is 2. The van der Waals surface area contributed by atoms with Gasteiger partial charge in [0.15, 0.2) is 5.75 Å². The molecule has 8 heteroatoms. The first-order valence-corrected chi connectivity index (χ1v) is 16.3. The van der Waals surface area contributed by atoms with Gasteiger partial charge in [0.25, 0.3) is 0 Å². The molecule has 5 nitrogen and oxygen atoms in total. The van der Waals surface area contributed by atoms with E-state index in [1.165, 1.54) is 0 Å². The van der Waals surface area contributed by atoms with Crippen LogP contribution in [0.2, 0.25) is 0 Å². The molecule has 2 aliphatic heterocycles. The van der Waals surface area contributed by atoms with Crippen LogP contribution in [0.5, 0.6) is 23.0 Å². The van der Waals surface area contributed by atoms with E-state index in [0.717, 1.165) is 84.6 Å². The van der Waals surface area contributed by atoms with Crippen molar-refractivity contribution in [3.8, 4) is 33.4 Å². The molecule has 0 unspecified atom stereocenters. The molecule has 2 fully saturated rings. The average molecular weight is 660 g/mol. The van der Waals surface area contributed by atoms with Gasteiger partial charge in [-0.15, -0.1) is 20.9 Å². The van der Waals surface area contributed by atoms with Gasteiger partial charge in [-0.1, -0.05) is 58.4 Å². The van der Waals surface area contributed by atoms with Gasteiger partial charge in [-0.25, -0.2) is 0 Å². The number of piperidine rings is 1. The third-order valence-corrected chi connectivity index (χ3v) is 9.84. The lowest BCUT2D eigenvalue weighted by Gasteiger charge is -2.43. The molecule has 2 aliphatic rings. The van der Waals surface area contributed by atoms with Crippen molar-refractivity contribution in [2.24, 2.45) is 0 Å². The molecule has 0 spiro atoms. The van der Waals surface area contributed by atoms with Crippen molar-refractivity contribution in [2.45, 2.75) is 31.6 Å². The summed E-state index contributed by atoms with van der Waals surface area (Å²) in [6.45, 7) is 3.48. The summed E-state index contributed by atoms with van der Waals surface area (Å²) in [5.41, 5.74) is 2.23. The fourth-order valence-electron chi connectivity index (χ4n) is 5.67. The summed E-state index contributed by atoms with van der Waals surface area (Å²) in [6.07, 6.45) is 2.08. The number of hydrogen-bond acceptors (Lipinski definition) is 6. The predicted octanol–water partition coefficient (Wildman–Crippen LogP) is 9.11. The highest BCUT2D eigenvalue weighted by Gasteiger charge is 2.34. The molecule has 2 saturated heterocycles. The van der Waals surface area contributed by atoms with E-state index in [-0.39, 0.29) is 6.10 Å². The lowest BCUT2D eigenvalue weighted by molar-refractivity contribution is -0.103.